The Morgan fingerprint density at radius 1 is 1.24 bits per heavy atom. The molecule has 0 saturated carbocycles. The molecule has 3 rings (SSSR count). The summed E-state index contributed by atoms with van der Waals surface area (Å²) in [7, 11) is 0. The first kappa shape index (κ1) is 21.2. The number of ether oxygens (including phenoxy) is 2. The summed E-state index contributed by atoms with van der Waals surface area (Å²) in [5, 5.41) is 0.817. The third-order valence-corrected chi connectivity index (χ3v) is 4.96. The van der Waals surface area contributed by atoms with Crippen LogP contribution in [0.5, 0.6) is 0 Å². The standard InChI is InChI=1S/C21H23BrN2O5/c1-21(2,3)29-20(27)24-8-4-5-17(24)19(26)28-12-18(25)14-9-13-6-7-15(22)10-16(13)23-11-14/h6-7,9-11,17H,4-5,8,12H2,1-3H3/t17-/m0/s1. The minimum atomic E-state index is -0.732. The molecule has 2 heterocycles. The first-order chi connectivity index (χ1) is 13.6. The second-order valence-electron chi connectivity index (χ2n) is 7.92. The van der Waals surface area contributed by atoms with Gasteiger partial charge in [0.25, 0.3) is 0 Å². The summed E-state index contributed by atoms with van der Waals surface area (Å²) in [5.74, 6) is -0.947. The molecule has 0 N–H and O–H groups in total. The average molecular weight is 463 g/mol. The third kappa shape index (κ3) is 5.32. The van der Waals surface area contributed by atoms with Crippen molar-refractivity contribution < 1.29 is 23.9 Å². The van der Waals surface area contributed by atoms with E-state index in [-0.39, 0.29) is 5.78 Å². The van der Waals surface area contributed by atoms with E-state index in [9.17, 15) is 14.4 Å². The minimum Gasteiger partial charge on any atom is -0.456 e. The van der Waals surface area contributed by atoms with Crippen molar-refractivity contribution in [2.75, 3.05) is 13.2 Å². The summed E-state index contributed by atoms with van der Waals surface area (Å²) in [6.45, 7) is 5.32. The van der Waals surface area contributed by atoms with E-state index in [1.165, 1.54) is 11.1 Å². The molecular weight excluding hydrogens is 440 g/mol. The Hall–Kier alpha value is -2.48. The number of carbonyl (C=O) groups excluding carboxylic acids is 3. The fourth-order valence-electron chi connectivity index (χ4n) is 3.11. The van der Waals surface area contributed by atoms with Crippen molar-refractivity contribution in [3.05, 3.63) is 40.5 Å². The van der Waals surface area contributed by atoms with E-state index >= 15 is 0 Å². The quantitative estimate of drug-likeness (QED) is 0.501. The summed E-state index contributed by atoms with van der Waals surface area (Å²) in [6.07, 6.45) is 2.08. The molecule has 1 aromatic carbocycles. The number of Topliss-reactive ketones (excluding diaryl/α,β-unsaturated/α-hetero) is 1. The molecule has 29 heavy (non-hydrogen) atoms. The van der Waals surface area contributed by atoms with Gasteiger partial charge >= 0.3 is 12.1 Å². The lowest BCUT2D eigenvalue weighted by molar-refractivity contribution is -0.147. The van der Waals surface area contributed by atoms with Crippen LogP contribution in [0.3, 0.4) is 0 Å². The molecule has 1 fully saturated rings. The molecule has 0 unspecified atom stereocenters. The van der Waals surface area contributed by atoms with Gasteiger partial charge in [0.15, 0.2) is 6.61 Å². The number of nitrogens with zero attached hydrogens (tertiary/aromatic N) is 2. The third-order valence-electron chi connectivity index (χ3n) is 4.47. The molecule has 1 saturated heterocycles. The summed E-state index contributed by atoms with van der Waals surface area (Å²) in [6, 6.07) is 6.56. The zero-order valence-electron chi connectivity index (χ0n) is 16.6. The molecule has 0 aliphatic carbocycles. The maximum atomic E-state index is 12.5. The highest BCUT2D eigenvalue weighted by Crippen LogP contribution is 2.22. The van der Waals surface area contributed by atoms with Crippen LogP contribution in [0.15, 0.2) is 34.9 Å². The number of hydrogen-bond acceptors (Lipinski definition) is 6. The van der Waals surface area contributed by atoms with Crippen LogP contribution >= 0.6 is 15.9 Å². The number of amides is 1. The molecular formula is C21H23BrN2O5. The zero-order chi connectivity index (χ0) is 21.2. The number of pyridine rings is 1. The number of carbonyl (C=O) groups is 3. The predicted octanol–water partition coefficient (Wildman–Crippen LogP) is 4.12. The number of esters is 1. The minimum absolute atomic E-state index is 0.350. The number of rotatable bonds is 4. The van der Waals surface area contributed by atoms with E-state index in [1.54, 1.807) is 26.8 Å². The second-order valence-corrected chi connectivity index (χ2v) is 8.84. The topological polar surface area (TPSA) is 85.8 Å². The molecule has 0 spiro atoms. The molecule has 1 aromatic heterocycles. The van der Waals surface area contributed by atoms with E-state index in [0.717, 1.165) is 15.4 Å². The van der Waals surface area contributed by atoms with Gasteiger partial charge in [-0.1, -0.05) is 22.0 Å². The van der Waals surface area contributed by atoms with Gasteiger partial charge in [-0.2, -0.15) is 0 Å². The van der Waals surface area contributed by atoms with Crippen LogP contribution in [0, 0.1) is 0 Å². The highest BCUT2D eigenvalue weighted by Gasteiger charge is 2.37. The summed E-state index contributed by atoms with van der Waals surface area (Å²) >= 11 is 3.38. The number of hydrogen-bond donors (Lipinski definition) is 0. The van der Waals surface area contributed by atoms with E-state index in [2.05, 4.69) is 20.9 Å². The molecule has 1 aliphatic rings. The lowest BCUT2D eigenvalue weighted by Gasteiger charge is -2.27. The maximum Gasteiger partial charge on any atom is 0.411 e. The monoisotopic (exact) mass is 462 g/mol. The van der Waals surface area contributed by atoms with Crippen LogP contribution in [0.25, 0.3) is 10.9 Å². The summed E-state index contributed by atoms with van der Waals surface area (Å²) < 4.78 is 11.5. The Morgan fingerprint density at radius 3 is 2.72 bits per heavy atom. The van der Waals surface area contributed by atoms with Crippen molar-refractivity contribution in [2.24, 2.45) is 0 Å². The molecule has 7 nitrogen and oxygen atoms in total. The molecule has 154 valence electrons. The fraction of sp³-hybridized carbons (Fsp3) is 0.429. The van der Waals surface area contributed by atoms with Crippen molar-refractivity contribution in [3.63, 3.8) is 0 Å². The van der Waals surface area contributed by atoms with E-state index in [0.29, 0.717) is 24.9 Å². The Bertz CT molecular complexity index is 954. The number of aromatic nitrogens is 1. The molecule has 1 aliphatic heterocycles. The van der Waals surface area contributed by atoms with Crippen LogP contribution in [-0.2, 0) is 14.3 Å². The zero-order valence-corrected chi connectivity index (χ0v) is 18.2. The first-order valence-corrected chi connectivity index (χ1v) is 10.2. The van der Waals surface area contributed by atoms with E-state index in [1.807, 2.05) is 18.2 Å². The fourth-order valence-corrected chi connectivity index (χ4v) is 3.46. The highest BCUT2D eigenvalue weighted by molar-refractivity contribution is 9.10. The van der Waals surface area contributed by atoms with Gasteiger partial charge in [0.05, 0.1) is 5.52 Å². The summed E-state index contributed by atoms with van der Waals surface area (Å²) in [4.78, 5) is 42.9. The van der Waals surface area contributed by atoms with Crippen molar-refractivity contribution in [3.8, 4) is 0 Å². The number of likely N-dealkylation sites (tertiary alicyclic amines) is 1. The molecule has 0 radical (unpaired) electrons. The van der Waals surface area contributed by atoms with Crippen LogP contribution in [-0.4, -0.2) is 52.5 Å². The Balaban J connectivity index is 1.61. The van der Waals surface area contributed by atoms with Gasteiger partial charge in [-0.05, 0) is 51.8 Å². The smallest absolute Gasteiger partial charge is 0.411 e. The molecule has 0 bridgehead atoms. The van der Waals surface area contributed by atoms with E-state index in [4.69, 9.17) is 9.47 Å². The van der Waals surface area contributed by atoms with Crippen molar-refractivity contribution in [1.82, 2.24) is 9.88 Å². The van der Waals surface area contributed by atoms with Crippen LogP contribution in [0.4, 0.5) is 4.79 Å². The Morgan fingerprint density at radius 2 is 2.00 bits per heavy atom. The van der Waals surface area contributed by atoms with Gasteiger partial charge in [0.1, 0.15) is 11.6 Å². The lowest BCUT2D eigenvalue weighted by Crippen LogP contribution is -2.44. The van der Waals surface area contributed by atoms with Crippen LogP contribution < -0.4 is 0 Å². The Kier molecular flexibility index (Phi) is 6.21. The van der Waals surface area contributed by atoms with Crippen molar-refractivity contribution in [2.45, 2.75) is 45.3 Å². The van der Waals surface area contributed by atoms with E-state index < -0.39 is 30.3 Å². The number of fused-ring (bicyclic) bond motifs is 1. The highest BCUT2D eigenvalue weighted by atomic mass is 79.9. The van der Waals surface area contributed by atoms with Crippen LogP contribution in [0.2, 0.25) is 0 Å². The summed E-state index contributed by atoms with van der Waals surface area (Å²) in [5.41, 5.74) is 0.470. The van der Waals surface area contributed by atoms with Gasteiger partial charge in [-0.15, -0.1) is 0 Å². The SMILES string of the molecule is CC(C)(C)OC(=O)N1CCC[C@H]1C(=O)OCC(=O)c1cnc2cc(Br)ccc2c1. The number of ketones is 1. The van der Waals surface area contributed by atoms with Gasteiger partial charge in [-0.3, -0.25) is 14.7 Å². The Labute approximate surface area is 177 Å². The predicted molar refractivity (Wildman–Crippen MR) is 111 cm³/mol. The van der Waals surface area contributed by atoms with Gasteiger partial charge < -0.3 is 9.47 Å². The first-order valence-electron chi connectivity index (χ1n) is 9.39. The maximum absolute atomic E-state index is 12.5. The largest absolute Gasteiger partial charge is 0.456 e. The normalized spacial score (nSPS) is 16.7. The number of benzene rings is 1. The van der Waals surface area contributed by atoms with Gasteiger partial charge in [0.2, 0.25) is 5.78 Å². The molecule has 2 aromatic rings. The van der Waals surface area contributed by atoms with Gasteiger partial charge in [0, 0.05) is 28.2 Å². The average Bonchev–Trinajstić information content (AvgIpc) is 3.14. The molecule has 1 amide bonds. The van der Waals surface area contributed by atoms with Gasteiger partial charge in [-0.25, -0.2) is 9.59 Å². The number of halogens is 1. The second kappa shape index (κ2) is 8.49. The van der Waals surface area contributed by atoms with Crippen LogP contribution in [0.1, 0.15) is 44.0 Å². The lowest BCUT2D eigenvalue weighted by atomic mass is 10.1. The van der Waals surface area contributed by atoms with Crippen molar-refractivity contribution in [1.29, 1.82) is 0 Å². The molecule has 8 heteroatoms. The van der Waals surface area contributed by atoms with Crippen molar-refractivity contribution >= 4 is 44.7 Å². The molecule has 1 atom stereocenters.